The topological polar surface area (TPSA) is 38.5 Å². The van der Waals surface area contributed by atoms with E-state index < -0.39 is 7.26 Å². The van der Waals surface area contributed by atoms with Crippen molar-refractivity contribution in [2.24, 2.45) is 0 Å². The third-order valence-electron chi connectivity index (χ3n) is 7.14. The van der Waals surface area contributed by atoms with Gasteiger partial charge in [0.1, 0.15) is 15.9 Å². The monoisotopic (exact) mass is 553 g/mol. The van der Waals surface area contributed by atoms with Gasteiger partial charge in [-0.2, -0.15) is 4.98 Å². The maximum atomic E-state index is 6.79. The number of aromatic nitrogens is 1. The molecule has 2 heterocycles. The summed E-state index contributed by atoms with van der Waals surface area (Å²) in [7, 11) is -2.47. The molecule has 0 saturated carbocycles. The van der Waals surface area contributed by atoms with Gasteiger partial charge in [-0.25, -0.2) is 0 Å². The van der Waals surface area contributed by atoms with Crippen molar-refractivity contribution in [3.63, 3.8) is 0 Å². The number of benzene rings is 4. The molecule has 0 bridgehead atoms. The van der Waals surface area contributed by atoms with Crippen molar-refractivity contribution < 1.29 is 9.15 Å². The molecule has 5 aromatic rings. The molecule has 0 N–H and O–H groups in total. The fourth-order valence-electron chi connectivity index (χ4n) is 5.56. The highest BCUT2D eigenvalue weighted by atomic mass is 35.5. The highest BCUT2D eigenvalue weighted by molar-refractivity contribution is 8.01. The van der Waals surface area contributed by atoms with Crippen LogP contribution in [0.3, 0.4) is 0 Å². The molecular weight excluding hydrogens is 523 g/mol. The van der Waals surface area contributed by atoms with Crippen LogP contribution in [0.1, 0.15) is 13.8 Å². The number of oxazole rings is 1. The van der Waals surface area contributed by atoms with Gasteiger partial charge in [-0.05, 0) is 74.5 Å². The van der Waals surface area contributed by atoms with Crippen LogP contribution < -0.4 is 26.2 Å². The number of morpholine rings is 1. The molecule has 2 atom stereocenters. The molecule has 6 heteroatoms. The Morgan fingerprint density at radius 3 is 1.62 bits per heavy atom. The average Bonchev–Trinajstić information content (AvgIpc) is 3.41. The predicted octanol–water partition coefficient (Wildman–Crippen LogP) is 6.23. The van der Waals surface area contributed by atoms with E-state index in [9.17, 15) is 0 Å². The number of rotatable bonds is 6. The summed E-state index contributed by atoms with van der Waals surface area (Å²) in [6, 6.07) is 40.1. The summed E-state index contributed by atoms with van der Waals surface area (Å²) in [6.45, 7) is 5.69. The van der Waals surface area contributed by atoms with Gasteiger partial charge in [0.15, 0.2) is 7.26 Å². The van der Waals surface area contributed by atoms with Crippen molar-refractivity contribution in [1.29, 1.82) is 0 Å². The van der Waals surface area contributed by atoms with Gasteiger partial charge in [-0.1, -0.05) is 66.2 Å². The van der Waals surface area contributed by atoms with Crippen LogP contribution in [0.2, 0.25) is 5.02 Å². The third-order valence-corrected chi connectivity index (χ3v) is 11.5. The highest BCUT2D eigenvalue weighted by Crippen LogP contribution is 2.56. The fourth-order valence-corrected chi connectivity index (χ4v) is 9.88. The Bertz CT molecular complexity index is 1420. The Hall–Kier alpha value is -3.43. The van der Waals surface area contributed by atoms with Gasteiger partial charge >= 0.3 is 0 Å². The molecule has 1 aliphatic rings. The quantitative estimate of drug-likeness (QED) is 0.234. The first-order chi connectivity index (χ1) is 19.1. The van der Waals surface area contributed by atoms with Crippen LogP contribution in [-0.4, -0.2) is 30.3 Å². The Kier molecular flexibility index (Phi) is 7.27. The summed E-state index contributed by atoms with van der Waals surface area (Å²) >= 11 is 6.23. The van der Waals surface area contributed by atoms with Crippen molar-refractivity contribution in [3.05, 3.63) is 120 Å². The molecule has 6 rings (SSSR count). The molecule has 1 fully saturated rings. The Balaban J connectivity index is 1.70. The predicted molar refractivity (Wildman–Crippen MR) is 164 cm³/mol. The molecule has 1 aliphatic heterocycles. The normalized spacial score (nSPS) is 17.8. The van der Waals surface area contributed by atoms with Gasteiger partial charge in [0.05, 0.1) is 12.2 Å². The van der Waals surface area contributed by atoms with Crippen molar-refractivity contribution in [3.8, 4) is 11.5 Å². The lowest BCUT2D eigenvalue weighted by atomic mass is 10.2. The summed E-state index contributed by atoms with van der Waals surface area (Å²) in [4.78, 5) is 7.72. The molecule has 0 unspecified atom stereocenters. The number of halogens is 1. The molecule has 0 spiro atoms. The van der Waals surface area contributed by atoms with Crippen molar-refractivity contribution in [2.75, 3.05) is 18.0 Å². The van der Waals surface area contributed by atoms with Gasteiger partial charge in [0.25, 0.3) is 11.3 Å². The summed E-state index contributed by atoms with van der Waals surface area (Å²) in [5.74, 6) is 1.41. The first kappa shape index (κ1) is 25.8. The van der Waals surface area contributed by atoms with E-state index in [4.69, 9.17) is 25.7 Å². The molecular formula is C33H31ClN2O2P+. The average molecular weight is 554 g/mol. The Labute approximate surface area is 235 Å². The number of nitrogens with zero attached hydrogens (tertiary/aromatic N) is 2. The van der Waals surface area contributed by atoms with Crippen LogP contribution in [0, 0.1) is 0 Å². The highest BCUT2D eigenvalue weighted by Gasteiger charge is 2.54. The van der Waals surface area contributed by atoms with Gasteiger partial charge < -0.3 is 14.1 Å². The van der Waals surface area contributed by atoms with Gasteiger partial charge in [0.2, 0.25) is 5.89 Å². The summed E-state index contributed by atoms with van der Waals surface area (Å²) in [5.41, 5.74) is 1.87. The Morgan fingerprint density at radius 1 is 0.692 bits per heavy atom. The number of anilines is 1. The maximum Gasteiger partial charge on any atom is 0.262 e. The first-order valence-corrected chi connectivity index (χ1v) is 15.5. The van der Waals surface area contributed by atoms with E-state index in [1.165, 1.54) is 15.9 Å². The van der Waals surface area contributed by atoms with Crippen molar-refractivity contribution in [1.82, 2.24) is 4.98 Å². The molecule has 0 amide bonds. The van der Waals surface area contributed by atoms with Gasteiger partial charge in [-0.15, -0.1) is 0 Å². The lowest BCUT2D eigenvalue weighted by molar-refractivity contribution is -0.00629. The maximum absolute atomic E-state index is 6.79. The lowest BCUT2D eigenvalue weighted by Gasteiger charge is -2.36. The van der Waals surface area contributed by atoms with Crippen LogP contribution in [-0.2, 0) is 4.74 Å². The molecule has 1 aromatic heterocycles. The van der Waals surface area contributed by atoms with Crippen molar-refractivity contribution >= 4 is 46.1 Å². The second-order valence-electron chi connectivity index (χ2n) is 9.99. The van der Waals surface area contributed by atoms with E-state index in [1.54, 1.807) is 0 Å². The van der Waals surface area contributed by atoms with Gasteiger partial charge in [-0.3, -0.25) is 0 Å². The van der Waals surface area contributed by atoms with Crippen molar-refractivity contribution in [2.45, 2.75) is 26.1 Å². The number of hydrogen-bond donors (Lipinski definition) is 0. The molecule has 4 aromatic carbocycles. The summed E-state index contributed by atoms with van der Waals surface area (Å²) in [6.07, 6.45) is 0.146. The summed E-state index contributed by atoms with van der Waals surface area (Å²) in [5, 5.41) is 4.37. The largest absolute Gasteiger partial charge is 0.416 e. The smallest absolute Gasteiger partial charge is 0.262 e. The van der Waals surface area contributed by atoms with E-state index in [1.807, 2.05) is 24.3 Å². The lowest BCUT2D eigenvalue weighted by Crippen LogP contribution is -2.48. The first-order valence-electron chi connectivity index (χ1n) is 13.3. The van der Waals surface area contributed by atoms with Crippen LogP contribution in [0.15, 0.2) is 120 Å². The number of hydrogen-bond acceptors (Lipinski definition) is 4. The molecule has 196 valence electrons. The second kappa shape index (κ2) is 11.0. The van der Waals surface area contributed by atoms with E-state index in [0.29, 0.717) is 10.9 Å². The minimum atomic E-state index is -2.47. The zero-order valence-electron chi connectivity index (χ0n) is 22.1. The zero-order chi connectivity index (χ0) is 26.8. The van der Waals surface area contributed by atoms with Crippen LogP contribution in [0.5, 0.6) is 0 Å². The summed E-state index contributed by atoms with van der Waals surface area (Å²) < 4.78 is 12.9. The second-order valence-corrected chi connectivity index (χ2v) is 13.7. The zero-order valence-corrected chi connectivity index (χ0v) is 23.7. The fraction of sp³-hybridized carbons (Fsp3) is 0.182. The number of ether oxygens (including phenoxy) is 1. The Morgan fingerprint density at radius 2 is 1.15 bits per heavy atom. The molecule has 0 radical (unpaired) electrons. The third kappa shape index (κ3) is 4.89. The van der Waals surface area contributed by atoms with Crippen LogP contribution in [0.4, 0.5) is 5.88 Å². The van der Waals surface area contributed by atoms with Crippen LogP contribution >= 0.6 is 18.9 Å². The minimum absolute atomic E-state index is 0.0728. The minimum Gasteiger partial charge on any atom is -0.416 e. The van der Waals surface area contributed by atoms with E-state index >= 15 is 0 Å². The standard InChI is InChI=1S/C33H31ClN2O2P/c1-24-22-36(23-25(2)37-24)33-32(35-31(38-33)26-18-20-27(34)21-19-26)39(28-12-6-3-7-13-28,29-14-8-4-9-15-29)30-16-10-5-11-17-30/h3-21,24-25H,22-23H2,1-2H3/q+1/t24-,25-/m1/s1. The van der Waals surface area contributed by atoms with E-state index in [2.05, 4.69) is 110 Å². The molecule has 0 aliphatic carbocycles. The SMILES string of the molecule is C[C@@H]1CN(c2oc(-c3ccc(Cl)cc3)nc2[P+](c2ccccc2)(c2ccccc2)c2ccccc2)C[C@@H](C)O1. The van der Waals surface area contributed by atoms with Gasteiger partial charge in [0, 0.05) is 23.7 Å². The van der Waals surface area contributed by atoms with Crippen LogP contribution in [0.25, 0.3) is 11.5 Å². The molecule has 1 saturated heterocycles. The van der Waals surface area contributed by atoms with E-state index in [-0.39, 0.29) is 12.2 Å². The van der Waals surface area contributed by atoms with E-state index in [0.717, 1.165) is 30.0 Å². The molecule has 4 nitrogen and oxygen atoms in total. The molecule has 39 heavy (non-hydrogen) atoms.